The summed E-state index contributed by atoms with van der Waals surface area (Å²) in [5.41, 5.74) is 13.1. The number of nitrogens with two attached hydrogens (primary N) is 2. The molecule has 0 unspecified atom stereocenters. The van der Waals surface area contributed by atoms with E-state index in [2.05, 4.69) is 28.5 Å². The average molecular weight is 550 g/mol. The lowest BCUT2D eigenvalue weighted by Gasteiger charge is -2.15. The zero-order valence-electron chi connectivity index (χ0n) is 23.5. The number of amides is 1. The van der Waals surface area contributed by atoms with E-state index in [1.165, 1.54) is 49.1 Å². The van der Waals surface area contributed by atoms with Crippen molar-refractivity contribution in [1.82, 2.24) is 19.3 Å². The summed E-state index contributed by atoms with van der Waals surface area (Å²) in [6, 6.07) is 15.6. The third-order valence-electron chi connectivity index (χ3n) is 6.91. The van der Waals surface area contributed by atoms with Gasteiger partial charge in [-0.05, 0) is 37.1 Å². The number of benzene rings is 2. The molecule has 1 saturated carbocycles. The van der Waals surface area contributed by atoms with Gasteiger partial charge in [-0.3, -0.25) is 14.2 Å². The summed E-state index contributed by atoms with van der Waals surface area (Å²) in [6.45, 7) is 5.49. The van der Waals surface area contributed by atoms with Gasteiger partial charge in [-0.15, -0.1) is 0 Å². The maximum atomic E-state index is 13.4. The summed E-state index contributed by atoms with van der Waals surface area (Å²) < 4.78 is 3.11. The van der Waals surface area contributed by atoms with Gasteiger partial charge in [-0.25, -0.2) is 14.7 Å². The SMILES string of the molecule is C=C/C=N\c1c(C(N)=O)c(N)nn1C.CCc1nc2cccc(C#CC3CCCCC3)c2c(=O)n1-c1ccccc1. The average Bonchev–Trinajstić information content (AvgIpc) is 3.28. The van der Waals surface area contributed by atoms with Crippen LogP contribution in [0.1, 0.15) is 60.8 Å². The van der Waals surface area contributed by atoms with E-state index >= 15 is 0 Å². The second-order valence-corrected chi connectivity index (χ2v) is 9.75. The molecule has 2 aromatic carbocycles. The van der Waals surface area contributed by atoms with E-state index in [-0.39, 0.29) is 16.9 Å². The first-order valence-corrected chi connectivity index (χ1v) is 13.7. The number of carbonyl (C=O) groups is 1. The van der Waals surface area contributed by atoms with Gasteiger partial charge < -0.3 is 11.5 Å². The van der Waals surface area contributed by atoms with Crippen LogP contribution in [0.4, 0.5) is 11.6 Å². The van der Waals surface area contributed by atoms with Gasteiger partial charge in [-0.2, -0.15) is 5.10 Å². The minimum atomic E-state index is -0.646. The number of anilines is 1. The first-order valence-electron chi connectivity index (χ1n) is 13.7. The van der Waals surface area contributed by atoms with Gasteiger partial charge in [0.1, 0.15) is 11.4 Å². The predicted octanol–water partition coefficient (Wildman–Crippen LogP) is 4.87. The summed E-state index contributed by atoms with van der Waals surface area (Å²) in [7, 11) is 1.62. The number of nitrogens with zero attached hydrogens (tertiary/aromatic N) is 5. The molecule has 1 amide bonds. The lowest BCUT2D eigenvalue weighted by atomic mass is 9.89. The van der Waals surface area contributed by atoms with E-state index in [0.29, 0.717) is 23.5 Å². The molecule has 2 aromatic heterocycles. The van der Waals surface area contributed by atoms with Crippen LogP contribution in [0.15, 0.2) is 71.0 Å². The molecule has 5 rings (SSSR count). The van der Waals surface area contributed by atoms with Gasteiger partial charge >= 0.3 is 0 Å². The topological polar surface area (TPSA) is 134 Å². The molecule has 1 fully saturated rings. The van der Waals surface area contributed by atoms with Crippen LogP contribution in [-0.2, 0) is 13.5 Å². The zero-order valence-corrected chi connectivity index (χ0v) is 23.5. The summed E-state index contributed by atoms with van der Waals surface area (Å²) in [4.78, 5) is 33.2. The van der Waals surface area contributed by atoms with Crippen LogP contribution < -0.4 is 17.0 Å². The van der Waals surface area contributed by atoms with Crippen LogP contribution in [0.3, 0.4) is 0 Å². The highest BCUT2D eigenvalue weighted by Crippen LogP contribution is 2.24. The van der Waals surface area contributed by atoms with Crippen molar-refractivity contribution in [3.63, 3.8) is 0 Å². The van der Waals surface area contributed by atoms with Crippen molar-refractivity contribution in [2.45, 2.75) is 45.4 Å². The smallest absolute Gasteiger partial charge is 0.267 e. The van der Waals surface area contributed by atoms with Gasteiger partial charge in [0, 0.05) is 31.2 Å². The number of nitrogen functional groups attached to an aromatic ring is 1. The van der Waals surface area contributed by atoms with Crippen LogP contribution in [0, 0.1) is 17.8 Å². The highest BCUT2D eigenvalue weighted by atomic mass is 16.1. The van der Waals surface area contributed by atoms with Gasteiger partial charge in [0.25, 0.3) is 11.5 Å². The molecule has 0 aliphatic heterocycles. The number of hydrogen-bond acceptors (Lipinski definition) is 6. The van der Waals surface area contributed by atoms with Gasteiger partial charge in [0.15, 0.2) is 11.6 Å². The van der Waals surface area contributed by atoms with E-state index in [0.717, 1.165) is 22.6 Å². The summed E-state index contributed by atoms with van der Waals surface area (Å²) >= 11 is 0. The van der Waals surface area contributed by atoms with Crippen LogP contribution in [0.2, 0.25) is 0 Å². The van der Waals surface area contributed by atoms with Crippen molar-refractivity contribution in [3.8, 4) is 17.5 Å². The Balaban J connectivity index is 0.000000234. The maximum Gasteiger partial charge on any atom is 0.267 e. The summed E-state index contributed by atoms with van der Waals surface area (Å²) in [5.74, 6) is 7.72. The predicted molar refractivity (Wildman–Crippen MR) is 165 cm³/mol. The van der Waals surface area contributed by atoms with Gasteiger partial charge in [0.2, 0.25) is 0 Å². The number of hydrogen-bond donors (Lipinski definition) is 2. The lowest BCUT2D eigenvalue weighted by molar-refractivity contribution is 0.100. The number of primary amides is 1. The van der Waals surface area contributed by atoms with Crippen molar-refractivity contribution in [2.75, 3.05) is 5.73 Å². The highest BCUT2D eigenvalue weighted by molar-refractivity contribution is 6.02. The number of aliphatic imine (C=N–C) groups is 1. The number of allylic oxidation sites excluding steroid dienone is 1. The molecule has 9 heteroatoms. The monoisotopic (exact) mass is 549 g/mol. The second-order valence-electron chi connectivity index (χ2n) is 9.75. The molecule has 4 N–H and O–H groups in total. The molecule has 0 atom stereocenters. The number of carbonyl (C=O) groups excluding carboxylic acids is 1. The third-order valence-corrected chi connectivity index (χ3v) is 6.91. The normalized spacial score (nSPS) is 13.3. The fourth-order valence-corrected chi connectivity index (χ4v) is 4.93. The van der Waals surface area contributed by atoms with E-state index in [9.17, 15) is 9.59 Å². The minimum Gasteiger partial charge on any atom is -0.381 e. The largest absolute Gasteiger partial charge is 0.381 e. The first-order chi connectivity index (χ1) is 19.8. The van der Waals surface area contributed by atoms with Crippen molar-refractivity contribution in [1.29, 1.82) is 0 Å². The Morgan fingerprint density at radius 2 is 1.88 bits per heavy atom. The standard InChI is InChI=1S/C24H24N2O.C8H11N5O/c1-2-22-25-21-15-9-12-19(17-16-18-10-5-3-6-11-18)23(21)24(27)26(22)20-13-7-4-8-14-20;1-3-4-11-8-5(7(10)14)6(9)12-13(8)2/h4,7-9,12-15,18H,2-3,5-6,10-11H2,1H3;3-4H,1H2,2H3,(H2,9,12)(H2,10,14)/b;11-4-. The molecule has 1 aliphatic rings. The van der Waals surface area contributed by atoms with Crippen LogP contribution >= 0.6 is 0 Å². The molecule has 0 spiro atoms. The number of aryl methyl sites for hydroxylation is 2. The molecule has 210 valence electrons. The lowest BCUT2D eigenvalue weighted by Crippen LogP contribution is -2.24. The Bertz CT molecular complexity index is 1700. The Morgan fingerprint density at radius 1 is 1.15 bits per heavy atom. The Kier molecular flexibility index (Phi) is 9.48. The van der Waals surface area contributed by atoms with Crippen LogP contribution in [-0.4, -0.2) is 31.5 Å². The molecule has 0 bridgehead atoms. The molecule has 4 aromatic rings. The number of fused-ring (bicyclic) bond motifs is 1. The molecular formula is C32H35N7O2. The quantitative estimate of drug-likeness (QED) is 0.271. The fraction of sp³-hybridized carbons (Fsp3) is 0.281. The third kappa shape index (κ3) is 6.61. The van der Waals surface area contributed by atoms with Crippen molar-refractivity contribution < 1.29 is 4.79 Å². The molecule has 0 radical (unpaired) electrons. The van der Waals surface area contributed by atoms with E-state index in [4.69, 9.17) is 16.5 Å². The molecule has 1 aliphatic carbocycles. The molecule has 0 saturated heterocycles. The second kappa shape index (κ2) is 13.4. The maximum absolute atomic E-state index is 13.4. The van der Waals surface area contributed by atoms with E-state index in [1.54, 1.807) is 11.6 Å². The number of rotatable bonds is 5. The summed E-state index contributed by atoms with van der Waals surface area (Å²) in [6.07, 6.45) is 9.79. The van der Waals surface area contributed by atoms with E-state index < -0.39 is 5.91 Å². The van der Waals surface area contributed by atoms with Crippen molar-refractivity contribution in [2.24, 2.45) is 23.7 Å². The molecular weight excluding hydrogens is 514 g/mol. The Morgan fingerprint density at radius 3 is 2.54 bits per heavy atom. The van der Waals surface area contributed by atoms with Crippen molar-refractivity contribution in [3.05, 3.63) is 88.5 Å². The van der Waals surface area contributed by atoms with Crippen LogP contribution in [0.5, 0.6) is 0 Å². The van der Waals surface area contributed by atoms with E-state index in [1.807, 2.05) is 55.5 Å². The number of aromatic nitrogens is 4. The zero-order chi connectivity index (χ0) is 29.4. The van der Waals surface area contributed by atoms with Gasteiger partial charge in [-0.1, -0.05) is 74.9 Å². The fourth-order valence-electron chi connectivity index (χ4n) is 4.93. The number of para-hydroxylation sites is 1. The minimum absolute atomic E-state index is 0.0309. The first kappa shape index (κ1) is 29.0. The highest BCUT2D eigenvalue weighted by Gasteiger charge is 2.18. The van der Waals surface area contributed by atoms with Crippen LogP contribution in [0.25, 0.3) is 16.6 Å². The van der Waals surface area contributed by atoms with Gasteiger partial charge in [0.05, 0.1) is 16.6 Å². The Hall–Kier alpha value is -4.97. The Labute approximate surface area is 239 Å². The summed E-state index contributed by atoms with van der Waals surface area (Å²) in [5, 5.41) is 4.46. The van der Waals surface area contributed by atoms with Crippen molar-refractivity contribution >= 4 is 34.7 Å². The molecule has 9 nitrogen and oxygen atoms in total. The molecule has 2 heterocycles. The molecule has 41 heavy (non-hydrogen) atoms.